The van der Waals surface area contributed by atoms with Gasteiger partial charge in [0.15, 0.2) is 0 Å². The fourth-order valence-electron chi connectivity index (χ4n) is 2.77. The highest BCUT2D eigenvalue weighted by atomic mass is 16.4. The van der Waals surface area contributed by atoms with Crippen LogP contribution in [-0.4, -0.2) is 74.7 Å². The summed E-state index contributed by atoms with van der Waals surface area (Å²) in [5.74, 6) is -5.28. The van der Waals surface area contributed by atoms with Gasteiger partial charge in [-0.25, -0.2) is 9.78 Å². The van der Waals surface area contributed by atoms with E-state index in [1.807, 2.05) is 0 Å². The van der Waals surface area contributed by atoms with Gasteiger partial charge in [-0.3, -0.25) is 24.0 Å². The van der Waals surface area contributed by atoms with E-state index >= 15 is 0 Å². The number of primary amides is 2. The zero-order chi connectivity index (χ0) is 25.8. The van der Waals surface area contributed by atoms with Crippen molar-refractivity contribution in [3.05, 3.63) is 18.2 Å². The summed E-state index contributed by atoms with van der Waals surface area (Å²) in [7, 11) is 0. The zero-order valence-electron chi connectivity index (χ0n) is 18.6. The number of aromatic amines is 1. The molecule has 0 aliphatic carbocycles. The Morgan fingerprint density at radius 3 is 1.88 bits per heavy atom. The minimum atomic E-state index is -1.47. The Labute approximate surface area is 194 Å². The number of carboxylic acids is 1. The van der Waals surface area contributed by atoms with Gasteiger partial charge in [-0.2, -0.15) is 0 Å². The third-order valence-electron chi connectivity index (χ3n) is 4.63. The summed E-state index contributed by atoms with van der Waals surface area (Å²) in [5.41, 5.74) is 16.2. The second-order valence-electron chi connectivity index (χ2n) is 7.60. The molecule has 15 nitrogen and oxygen atoms in total. The van der Waals surface area contributed by atoms with Gasteiger partial charge in [0.1, 0.15) is 18.1 Å². The molecular weight excluding hydrogens is 452 g/mol. The van der Waals surface area contributed by atoms with Crippen LogP contribution in [0.3, 0.4) is 0 Å². The maximum atomic E-state index is 12.9. The number of aliphatic carboxylic acids is 1. The molecule has 0 radical (unpaired) electrons. The predicted octanol–water partition coefficient (Wildman–Crippen LogP) is -3.63. The number of carbonyl (C=O) groups is 6. The molecule has 0 saturated carbocycles. The monoisotopic (exact) mass is 482 g/mol. The van der Waals surface area contributed by atoms with E-state index in [-0.39, 0.29) is 32.1 Å². The Bertz CT molecular complexity index is 887. The molecule has 1 rings (SSSR count). The summed E-state index contributed by atoms with van der Waals surface area (Å²) in [5, 5.41) is 16.4. The molecule has 0 bridgehead atoms. The van der Waals surface area contributed by atoms with Gasteiger partial charge in [0.2, 0.25) is 29.5 Å². The van der Waals surface area contributed by atoms with E-state index in [0.717, 1.165) is 0 Å². The Kier molecular flexibility index (Phi) is 11.1. The maximum absolute atomic E-state index is 12.9. The minimum Gasteiger partial charge on any atom is -0.480 e. The number of imidazole rings is 1. The molecule has 0 aliphatic heterocycles. The van der Waals surface area contributed by atoms with Gasteiger partial charge in [-0.05, 0) is 19.8 Å². The number of hydrogen-bond acceptors (Lipinski definition) is 8. The van der Waals surface area contributed by atoms with Gasteiger partial charge >= 0.3 is 5.97 Å². The molecule has 0 saturated heterocycles. The lowest BCUT2D eigenvalue weighted by molar-refractivity contribution is -0.142. The van der Waals surface area contributed by atoms with Crippen LogP contribution >= 0.6 is 0 Å². The number of H-pyrrole nitrogens is 1. The number of nitrogens with zero attached hydrogens (tertiary/aromatic N) is 1. The summed E-state index contributed by atoms with van der Waals surface area (Å²) >= 11 is 0. The van der Waals surface area contributed by atoms with Crippen LogP contribution in [0.15, 0.2) is 12.5 Å². The molecule has 0 aromatic carbocycles. The van der Waals surface area contributed by atoms with Crippen molar-refractivity contribution in [2.75, 3.05) is 0 Å². The molecule has 4 unspecified atom stereocenters. The van der Waals surface area contributed by atoms with E-state index < -0.39 is 59.7 Å². The third-order valence-corrected chi connectivity index (χ3v) is 4.63. The second kappa shape index (κ2) is 13.5. The van der Waals surface area contributed by atoms with Crippen molar-refractivity contribution in [3.63, 3.8) is 0 Å². The quantitative estimate of drug-likeness (QED) is 0.122. The van der Waals surface area contributed by atoms with Crippen LogP contribution in [0.25, 0.3) is 0 Å². The van der Waals surface area contributed by atoms with Gasteiger partial charge in [0.25, 0.3) is 0 Å². The molecule has 0 fully saturated rings. The molecular formula is C19H30N8O7. The van der Waals surface area contributed by atoms with Crippen LogP contribution in [0.5, 0.6) is 0 Å². The van der Waals surface area contributed by atoms with Gasteiger partial charge in [-0.1, -0.05) is 0 Å². The van der Waals surface area contributed by atoms with E-state index in [2.05, 4.69) is 25.9 Å². The van der Waals surface area contributed by atoms with E-state index in [1.54, 1.807) is 0 Å². The van der Waals surface area contributed by atoms with Crippen molar-refractivity contribution < 1.29 is 33.9 Å². The van der Waals surface area contributed by atoms with Crippen LogP contribution in [0.1, 0.15) is 38.3 Å². The largest absolute Gasteiger partial charge is 0.480 e. The maximum Gasteiger partial charge on any atom is 0.326 e. The topological polar surface area (TPSA) is 265 Å². The lowest BCUT2D eigenvalue weighted by atomic mass is 10.1. The van der Waals surface area contributed by atoms with Gasteiger partial charge in [0, 0.05) is 31.2 Å². The van der Waals surface area contributed by atoms with Crippen LogP contribution in [-0.2, 0) is 35.2 Å². The summed E-state index contributed by atoms with van der Waals surface area (Å²) in [6, 6.07) is -4.93. The first kappa shape index (κ1) is 28.0. The normalized spacial score (nSPS) is 14.2. The summed E-state index contributed by atoms with van der Waals surface area (Å²) in [4.78, 5) is 78.0. The number of amides is 5. The number of carbonyl (C=O) groups excluding carboxylic acids is 5. The van der Waals surface area contributed by atoms with Crippen molar-refractivity contribution in [2.24, 2.45) is 17.2 Å². The summed E-state index contributed by atoms with van der Waals surface area (Å²) < 4.78 is 0. The van der Waals surface area contributed by atoms with Crippen molar-refractivity contribution >= 4 is 35.5 Å². The van der Waals surface area contributed by atoms with Crippen molar-refractivity contribution in [1.29, 1.82) is 0 Å². The molecule has 34 heavy (non-hydrogen) atoms. The molecule has 11 N–H and O–H groups in total. The Balaban J connectivity index is 3.03. The Hall–Kier alpha value is -4.01. The van der Waals surface area contributed by atoms with E-state index in [1.165, 1.54) is 19.4 Å². The molecule has 188 valence electrons. The van der Waals surface area contributed by atoms with Crippen molar-refractivity contribution in [1.82, 2.24) is 25.9 Å². The Morgan fingerprint density at radius 2 is 1.41 bits per heavy atom. The fourth-order valence-corrected chi connectivity index (χ4v) is 2.77. The highest BCUT2D eigenvalue weighted by molar-refractivity contribution is 5.94. The third kappa shape index (κ3) is 10.1. The highest BCUT2D eigenvalue weighted by Gasteiger charge is 2.30. The smallest absolute Gasteiger partial charge is 0.326 e. The van der Waals surface area contributed by atoms with Crippen molar-refractivity contribution in [3.8, 4) is 0 Å². The molecule has 1 heterocycles. The molecule has 1 aromatic heterocycles. The number of aromatic nitrogens is 2. The van der Waals surface area contributed by atoms with Crippen LogP contribution in [0.2, 0.25) is 0 Å². The first-order valence-corrected chi connectivity index (χ1v) is 10.3. The van der Waals surface area contributed by atoms with Crippen LogP contribution in [0.4, 0.5) is 0 Å². The van der Waals surface area contributed by atoms with Crippen LogP contribution < -0.4 is 33.2 Å². The number of rotatable bonds is 15. The minimum absolute atomic E-state index is 0.0230. The van der Waals surface area contributed by atoms with Crippen LogP contribution in [0, 0.1) is 0 Å². The van der Waals surface area contributed by atoms with Gasteiger partial charge in [0.05, 0.1) is 12.4 Å². The molecule has 1 aromatic rings. The second-order valence-corrected chi connectivity index (χ2v) is 7.60. The summed E-state index contributed by atoms with van der Waals surface area (Å²) in [6.45, 7) is 1.42. The molecule has 0 spiro atoms. The van der Waals surface area contributed by atoms with Crippen molar-refractivity contribution in [2.45, 2.75) is 63.2 Å². The summed E-state index contributed by atoms with van der Waals surface area (Å²) in [6.07, 6.45) is 1.67. The number of hydrogen-bond donors (Lipinski definition) is 8. The first-order valence-electron chi connectivity index (χ1n) is 10.3. The standard InChI is InChI=1S/C19H30N8O7/c1-9(20)16(30)27-13(6-10-7-23-8-24-10)18(32)25-11(2-4-14(21)28)17(31)26-12(19(33)34)3-5-15(22)29/h7-9,11-13H,2-6,20H2,1H3,(H2,21,28)(H2,22,29)(H,23,24)(H,25,32)(H,26,31)(H,27,30)(H,33,34). The number of nitrogens with one attached hydrogen (secondary N) is 4. The lowest BCUT2D eigenvalue weighted by Crippen LogP contribution is -2.57. The number of nitrogens with two attached hydrogens (primary N) is 3. The van der Waals surface area contributed by atoms with Gasteiger partial charge < -0.3 is 43.2 Å². The first-order chi connectivity index (χ1) is 15.9. The SMILES string of the molecule is CC(N)C(=O)NC(Cc1cnc[nH]1)C(=O)NC(CCC(N)=O)C(=O)NC(CCC(N)=O)C(=O)O. The molecule has 4 atom stereocenters. The average Bonchev–Trinajstić information content (AvgIpc) is 3.25. The van der Waals surface area contributed by atoms with E-state index in [9.17, 15) is 33.9 Å². The predicted molar refractivity (Wildman–Crippen MR) is 116 cm³/mol. The average molecular weight is 482 g/mol. The highest BCUT2D eigenvalue weighted by Crippen LogP contribution is 2.05. The van der Waals surface area contributed by atoms with E-state index in [0.29, 0.717) is 5.69 Å². The lowest BCUT2D eigenvalue weighted by Gasteiger charge is -2.24. The number of carboxylic acid groups (broad SMARTS) is 1. The van der Waals surface area contributed by atoms with E-state index in [4.69, 9.17) is 17.2 Å². The fraction of sp³-hybridized carbons (Fsp3) is 0.526. The van der Waals surface area contributed by atoms with Gasteiger partial charge in [-0.15, -0.1) is 0 Å². The molecule has 15 heteroatoms. The molecule has 5 amide bonds. The Morgan fingerprint density at radius 1 is 0.912 bits per heavy atom. The zero-order valence-corrected chi connectivity index (χ0v) is 18.6. The molecule has 0 aliphatic rings.